The highest BCUT2D eigenvalue weighted by atomic mass is 35.5. The molecule has 9 heteroatoms. The maximum atomic E-state index is 13.2. The smallest absolute Gasteiger partial charge is 0.271 e. The van der Waals surface area contributed by atoms with Gasteiger partial charge < -0.3 is 4.74 Å². The minimum absolute atomic E-state index is 0.0893. The number of ether oxygens (including phenoxy) is 1. The van der Waals surface area contributed by atoms with Crippen LogP contribution in [0.2, 0.25) is 5.02 Å². The van der Waals surface area contributed by atoms with Gasteiger partial charge in [-0.2, -0.15) is 5.26 Å². The number of hydrogen-bond donors (Lipinski definition) is 0. The largest absolute Gasteiger partial charge is 0.489 e. The summed E-state index contributed by atoms with van der Waals surface area (Å²) in [5, 5.41) is 10.2. The van der Waals surface area contributed by atoms with Crippen LogP contribution in [-0.4, -0.2) is 42.7 Å². The van der Waals surface area contributed by atoms with Crippen molar-refractivity contribution in [2.24, 2.45) is 0 Å². The van der Waals surface area contributed by atoms with Crippen LogP contribution in [0.3, 0.4) is 0 Å². The molecular formula is C25H21ClN2O5S. The van der Waals surface area contributed by atoms with Gasteiger partial charge in [0.15, 0.2) is 9.84 Å². The van der Waals surface area contributed by atoms with E-state index in [-0.39, 0.29) is 34.6 Å². The monoisotopic (exact) mass is 496 g/mol. The molecule has 0 unspecified atom stereocenters. The molecule has 2 amide bonds. The number of nitrogens with zero attached hydrogens (tertiary/aromatic N) is 2. The van der Waals surface area contributed by atoms with Gasteiger partial charge in [0, 0.05) is 16.2 Å². The van der Waals surface area contributed by atoms with Crippen molar-refractivity contribution in [3.63, 3.8) is 0 Å². The Morgan fingerprint density at radius 3 is 2.47 bits per heavy atom. The van der Waals surface area contributed by atoms with Crippen molar-refractivity contribution in [3.8, 4) is 11.8 Å². The third kappa shape index (κ3) is 4.76. The van der Waals surface area contributed by atoms with Gasteiger partial charge in [-0.05, 0) is 48.8 Å². The minimum Gasteiger partial charge on any atom is -0.489 e. The lowest BCUT2D eigenvalue weighted by atomic mass is 9.92. The Morgan fingerprint density at radius 2 is 1.85 bits per heavy atom. The van der Waals surface area contributed by atoms with Crippen molar-refractivity contribution in [2.75, 3.05) is 11.5 Å². The van der Waals surface area contributed by atoms with Crippen LogP contribution in [0.25, 0.3) is 6.08 Å². The summed E-state index contributed by atoms with van der Waals surface area (Å²) >= 11 is 6.15. The van der Waals surface area contributed by atoms with Crippen molar-refractivity contribution < 1.29 is 22.7 Å². The molecule has 34 heavy (non-hydrogen) atoms. The number of benzene rings is 2. The van der Waals surface area contributed by atoms with Gasteiger partial charge in [-0.1, -0.05) is 41.9 Å². The van der Waals surface area contributed by atoms with Crippen LogP contribution < -0.4 is 4.74 Å². The number of carbonyl (C=O) groups excluding carboxylic acids is 2. The third-order valence-electron chi connectivity index (χ3n) is 5.89. The quantitative estimate of drug-likeness (QED) is 0.461. The molecule has 2 aromatic carbocycles. The lowest BCUT2D eigenvalue weighted by Crippen LogP contribution is -2.49. The highest BCUT2D eigenvalue weighted by Crippen LogP contribution is 2.31. The van der Waals surface area contributed by atoms with E-state index in [1.165, 1.54) is 0 Å². The standard InChI is InChI=1S/C25H21ClN2O5S/c1-16-21(24(29)28(25(30)22(16)13-27)19-10-11-34(31,32)15-19)12-17-6-8-20(9-7-17)33-14-18-4-2-3-5-23(18)26/h2-9,12,19H,10-11,14-15H2,1H3/b21-12+/t19-/m0/s1. The lowest BCUT2D eigenvalue weighted by Gasteiger charge is -2.31. The first-order valence-corrected chi connectivity index (χ1v) is 12.8. The van der Waals surface area contributed by atoms with Gasteiger partial charge in [-0.15, -0.1) is 0 Å². The fraction of sp³-hybridized carbons (Fsp3) is 0.240. The minimum atomic E-state index is -3.33. The second kappa shape index (κ2) is 9.45. The lowest BCUT2D eigenvalue weighted by molar-refractivity contribution is -0.142. The van der Waals surface area contributed by atoms with E-state index in [1.54, 1.807) is 43.3 Å². The highest BCUT2D eigenvalue weighted by molar-refractivity contribution is 7.91. The molecule has 2 aliphatic rings. The van der Waals surface area contributed by atoms with Gasteiger partial charge in [-0.25, -0.2) is 8.42 Å². The number of sulfone groups is 1. The van der Waals surface area contributed by atoms with Crippen LogP contribution in [-0.2, 0) is 26.0 Å². The van der Waals surface area contributed by atoms with E-state index in [1.807, 2.05) is 24.3 Å². The molecule has 0 bridgehead atoms. The first-order valence-electron chi connectivity index (χ1n) is 10.6. The van der Waals surface area contributed by atoms with E-state index >= 15 is 0 Å². The Bertz CT molecular complexity index is 1370. The Morgan fingerprint density at radius 1 is 1.15 bits per heavy atom. The van der Waals surface area contributed by atoms with E-state index in [0.717, 1.165) is 10.5 Å². The van der Waals surface area contributed by atoms with Crippen LogP contribution in [0, 0.1) is 11.3 Å². The fourth-order valence-corrected chi connectivity index (χ4v) is 5.90. The highest BCUT2D eigenvalue weighted by Gasteiger charge is 2.43. The van der Waals surface area contributed by atoms with Crippen molar-refractivity contribution in [1.82, 2.24) is 4.90 Å². The summed E-state index contributed by atoms with van der Waals surface area (Å²) in [6.45, 7) is 1.84. The number of halogens is 1. The average molecular weight is 497 g/mol. The molecule has 1 saturated heterocycles. The molecule has 0 aliphatic carbocycles. The van der Waals surface area contributed by atoms with Gasteiger partial charge in [0.1, 0.15) is 24.0 Å². The SMILES string of the molecule is CC1=C(C#N)C(=O)N([C@H]2CCS(=O)(=O)C2)C(=O)/C1=C/c1ccc(OCc2ccccc2Cl)cc1. The predicted molar refractivity (Wildman–Crippen MR) is 127 cm³/mol. The first kappa shape index (κ1) is 23.7. The molecule has 7 nitrogen and oxygen atoms in total. The topological polar surface area (TPSA) is 105 Å². The van der Waals surface area contributed by atoms with E-state index in [4.69, 9.17) is 16.3 Å². The molecular weight excluding hydrogens is 476 g/mol. The van der Waals surface area contributed by atoms with E-state index in [0.29, 0.717) is 22.9 Å². The molecule has 2 aliphatic heterocycles. The summed E-state index contributed by atoms with van der Waals surface area (Å²) in [6.07, 6.45) is 1.76. The zero-order valence-electron chi connectivity index (χ0n) is 18.3. The van der Waals surface area contributed by atoms with Crippen LogP contribution in [0.1, 0.15) is 24.5 Å². The molecule has 0 saturated carbocycles. The number of rotatable bonds is 5. The van der Waals surface area contributed by atoms with E-state index in [9.17, 15) is 23.3 Å². The molecule has 2 heterocycles. The molecule has 1 fully saturated rings. The summed E-state index contributed by atoms with van der Waals surface area (Å²) < 4.78 is 29.6. The van der Waals surface area contributed by atoms with Gasteiger partial charge in [-0.3, -0.25) is 14.5 Å². The van der Waals surface area contributed by atoms with E-state index < -0.39 is 27.7 Å². The number of amides is 2. The first-order chi connectivity index (χ1) is 16.2. The summed E-state index contributed by atoms with van der Waals surface area (Å²) in [5.74, 6) is -1.11. The van der Waals surface area contributed by atoms with Crippen LogP contribution >= 0.6 is 11.6 Å². The summed E-state index contributed by atoms with van der Waals surface area (Å²) in [7, 11) is -3.33. The Labute approximate surface area is 202 Å². The van der Waals surface area contributed by atoms with E-state index in [2.05, 4.69) is 0 Å². The van der Waals surface area contributed by atoms with Crippen LogP contribution in [0.4, 0.5) is 0 Å². The number of nitriles is 1. The number of imide groups is 1. The van der Waals surface area contributed by atoms with Gasteiger partial charge in [0.2, 0.25) is 0 Å². The maximum absolute atomic E-state index is 13.2. The maximum Gasteiger partial charge on any atom is 0.271 e. The van der Waals surface area contributed by atoms with Crippen molar-refractivity contribution in [1.29, 1.82) is 5.26 Å². The van der Waals surface area contributed by atoms with Gasteiger partial charge in [0.05, 0.1) is 17.5 Å². The number of hydrogen-bond acceptors (Lipinski definition) is 6. The molecule has 1 atom stereocenters. The summed E-state index contributed by atoms with van der Waals surface area (Å²) in [4.78, 5) is 27.0. The second-order valence-corrected chi connectivity index (χ2v) is 10.8. The molecule has 4 rings (SSSR count). The fourth-order valence-electron chi connectivity index (χ4n) is 4.01. The molecule has 0 spiro atoms. The van der Waals surface area contributed by atoms with Gasteiger partial charge in [0.25, 0.3) is 11.8 Å². The zero-order chi connectivity index (χ0) is 24.5. The van der Waals surface area contributed by atoms with Crippen LogP contribution in [0.5, 0.6) is 5.75 Å². The Kier molecular flexibility index (Phi) is 6.60. The summed E-state index contributed by atoms with van der Waals surface area (Å²) in [6, 6.07) is 15.5. The molecule has 0 aromatic heterocycles. The normalized spacial score (nSPS) is 21.1. The van der Waals surface area contributed by atoms with Gasteiger partial charge >= 0.3 is 0 Å². The summed E-state index contributed by atoms with van der Waals surface area (Å²) in [5.41, 5.74) is 1.82. The van der Waals surface area contributed by atoms with Crippen molar-refractivity contribution >= 4 is 39.3 Å². The zero-order valence-corrected chi connectivity index (χ0v) is 19.9. The Balaban J connectivity index is 1.58. The number of carbonyl (C=O) groups is 2. The van der Waals surface area contributed by atoms with Crippen molar-refractivity contribution in [2.45, 2.75) is 26.0 Å². The Hall–Kier alpha value is -3.41. The molecule has 174 valence electrons. The second-order valence-electron chi connectivity index (χ2n) is 8.16. The van der Waals surface area contributed by atoms with Crippen LogP contribution in [0.15, 0.2) is 65.3 Å². The third-order valence-corrected chi connectivity index (χ3v) is 8.01. The molecule has 0 N–H and O–H groups in total. The molecule has 0 radical (unpaired) electrons. The molecule has 2 aromatic rings. The average Bonchev–Trinajstić information content (AvgIpc) is 3.16. The van der Waals surface area contributed by atoms with Crippen molar-refractivity contribution in [3.05, 3.63) is 81.4 Å². The predicted octanol–water partition coefficient (Wildman–Crippen LogP) is 3.70.